The molecule has 1 saturated heterocycles. The SMILES string of the molecule is COc1ccccc1CC(C)NC1CCN(C2CC2)CC1. The van der Waals surface area contributed by atoms with Crippen LogP contribution in [-0.4, -0.2) is 43.2 Å². The van der Waals surface area contributed by atoms with Crippen LogP contribution in [0.1, 0.15) is 38.2 Å². The van der Waals surface area contributed by atoms with Gasteiger partial charge in [-0.05, 0) is 63.7 Å². The zero-order valence-corrected chi connectivity index (χ0v) is 13.3. The van der Waals surface area contributed by atoms with Gasteiger partial charge < -0.3 is 15.0 Å². The lowest BCUT2D eigenvalue weighted by molar-refractivity contribution is 0.184. The van der Waals surface area contributed by atoms with E-state index >= 15 is 0 Å². The number of hydrogen-bond donors (Lipinski definition) is 1. The summed E-state index contributed by atoms with van der Waals surface area (Å²) in [7, 11) is 1.75. The normalized spacial score (nSPS) is 22.2. The monoisotopic (exact) mass is 288 g/mol. The van der Waals surface area contributed by atoms with Gasteiger partial charge in [-0.1, -0.05) is 18.2 Å². The second-order valence-electron chi connectivity index (χ2n) is 6.63. The summed E-state index contributed by atoms with van der Waals surface area (Å²) >= 11 is 0. The summed E-state index contributed by atoms with van der Waals surface area (Å²) in [5, 5.41) is 3.82. The number of nitrogens with one attached hydrogen (secondary N) is 1. The largest absolute Gasteiger partial charge is 0.496 e. The van der Waals surface area contributed by atoms with E-state index in [1.165, 1.54) is 44.3 Å². The van der Waals surface area contributed by atoms with Gasteiger partial charge in [0.1, 0.15) is 5.75 Å². The summed E-state index contributed by atoms with van der Waals surface area (Å²) in [5.41, 5.74) is 1.30. The molecule has 116 valence electrons. The number of nitrogens with zero attached hydrogens (tertiary/aromatic N) is 1. The van der Waals surface area contributed by atoms with Gasteiger partial charge in [0, 0.05) is 18.1 Å². The van der Waals surface area contributed by atoms with Crippen LogP contribution >= 0.6 is 0 Å². The maximum absolute atomic E-state index is 5.45. The first-order valence-electron chi connectivity index (χ1n) is 8.38. The van der Waals surface area contributed by atoms with Gasteiger partial charge in [0.2, 0.25) is 0 Å². The first kappa shape index (κ1) is 14.9. The third-order valence-electron chi connectivity index (χ3n) is 4.83. The summed E-state index contributed by atoms with van der Waals surface area (Å²) in [6.07, 6.45) is 6.50. The highest BCUT2D eigenvalue weighted by atomic mass is 16.5. The number of piperidine rings is 1. The molecule has 1 N–H and O–H groups in total. The highest BCUT2D eigenvalue weighted by molar-refractivity contribution is 5.33. The molecule has 1 aliphatic carbocycles. The Kier molecular flexibility index (Phi) is 4.81. The fourth-order valence-electron chi connectivity index (χ4n) is 3.53. The molecule has 3 heteroatoms. The summed E-state index contributed by atoms with van der Waals surface area (Å²) in [6.45, 7) is 4.85. The Morgan fingerprint density at radius 1 is 1.19 bits per heavy atom. The van der Waals surface area contributed by atoms with E-state index in [9.17, 15) is 0 Å². The van der Waals surface area contributed by atoms with Gasteiger partial charge in [-0.3, -0.25) is 0 Å². The van der Waals surface area contributed by atoms with Crippen LogP contribution < -0.4 is 10.1 Å². The van der Waals surface area contributed by atoms with Crippen molar-refractivity contribution >= 4 is 0 Å². The maximum Gasteiger partial charge on any atom is 0.122 e. The molecular formula is C18H28N2O. The first-order valence-corrected chi connectivity index (χ1v) is 8.38. The van der Waals surface area contributed by atoms with E-state index in [-0.39, 0.29) is 0 Å². The van der Waals surface area contributed by atoms with Crippen molar-refractivity contribution in [2.45, 2.75) is 57.2 Å². The molecular weight excluding hydrogens is 260 g/mol. The zero-order valence-electron chi connectivity index (χ0n) is 13.3. The van der Waals surface area contributed by atoms with Crippen molar-refractivity contribution < 1.29 is 4.74 Å². The molecule has 2 aliphatic rings. The van der Waals surface area contributed by atoms with Gasteiger partial charge in [0.25, 0.3) is 0 Å². The third-order valence-corrected chi connectivity index (χ3v) is 4.83. The van der Waals surface area contributed by atoms with E-state index in [0.29, 0.717) is 12.1 Å². The van der Waals surface area contributed by atoms with Crippen LogP contribution in [0.15, 0.2) is 24.3 Å². The molecule has 1 unspecified atom stereocenters. The highest BCUT2D eigenvalue weighted by Gasteiger charge is 2.31. The molecule has 1 atom stereocenters. The minimum atomic E-state index is 0.499. The smallest absolute Gasteiger partial charge is 0.122 e. The predicted octanol–water partition coefficient (Wildman–Crippen LogP) is 2.84. The van der Waals surface area contributed by atoms with Gasteiger partial charge in [-0.25, -0.2) is 0 Å². The minimum Gasteiger partial charge on any atom is -0.496 e. The highest BCUT2D eigenvalue weighted by Crippen LogP contribution is 2.29. The van der Waals surface area contributed by atoms with Gasteiger partial charge in [0.05, 0.1) is 7.11 Å². The molecule has 1 heterocycles. The summed E-state index contributed by atoms with van der Waals surface area (Å²) in [5.74, 6) is 1.01. The van der Waals surface area contributed by atoms with E-state index in [4.69, 9.17) is 4.74 Å². The van der Waals surface area contributed by atoms with Gasteiger partial charge in [-0.2, -0.15) is 0 Å². The lowest BCUT2D eigenvalue weighted by Gasteiger charge is -2.34. The fourth-order valence-corrected chi connectivity index (χ4v) is 3.53. The van der Waals surface area contributed by atoms with Crippen molar-refractivity contribution in [1.82, 2.24) is 10.2 Å². The number of likely N-dealkylation sites (tertiary alicyclic amines) is 1. The molecule has 0 spiro atoms. The second kappa shape index (κ2) is 6.80. The zero-order chi connectivity index (χ0) is 14.7. The third kappa shape index (κ3) is 3.98. The van der Waals surface area contributed by atoms with E-state index in [2.05, 4.69) is 35.3 Å². The van der Waals surface area contributed by atoms with Gasteiger partial charge in [0.15, 0.2) is 0 Å². The van der Waals surface area contributed by atoms with Crippen LogP contribution in [0.5, 0.6) is 5.75 Å². The summed E-state index contributed by atoms with van der Waals surface area (Å²) < 4.78 is 5.45. The molecule has 1 aromatic rings. The minimum absolute atomic E-state index is 0.499. The average Bonchev–Trinajstić information content (AvgIpc) is 3.33. The number of methoxy groups -OCH3 is 1. The molecule has 1 aromatic carbocycles. The number of rotatable bonds is 6. The second-order valence-corrected chi connectivity index (χ2v) is 6.63. The van der Waals surface area contributed by atoms with Crippen molar-refractivity contribution in [2.75, 3.05) is 20.2 Å². The fraction of sp³-hybridized carbons (Fsp3) is 0.667. The molecule has 1 saturated carbocycles. The molecule has 21 heavy (non-hydrogen) atoms. The Balaban J connectivity index is 1.46. The number of benzene rings is 1. The van der Waals surface area contributed by atoms with Crippen LogP contribution in [0.3, 0.4) is 0 Å². The molecule has 2 fully saturated rings. The lowest BCUT2D eigenvalue weighted by atomic mass is 10.0. The number of hydrogen-bond acceptors (Lipinski definition) is 3. The number of para-hydroxylation sites is 1. The summed E-state index contributed by atoms with van der Waals surface area (Å²) in [4.78, 5) is 2.68. The molecule has 1 aliphatic heterocycles. The van der Waals surface area contributed by atoms with E-state index in [0.717, 1.165) is 18.2 Å². The predicted molar refractivity (Wildman–Crippen MR) is 86.9 cm³/mol. The van der Waals surface area contributed by atoms with Crippen LogP contribution in [-0.2, 0) is 6.42 Å². The van der Waals surface area contributed by atoms with Crippen molar-refractivity contribution in [3.8, 4) is 5.75 Å². The summed E-state index contributed by atoms with van der Waals surface area (Å²) in [6, 6.07) is 10.5. The maximum atomic E-state index is 5.45. The molecule has 0 aromatic heterocycles. The van der Waals surface area contributed by atoms with Crippen molar-refractivity contribution in [1.29, 1.82) is 0 Å². The molecule has 3 nitrogen and oxygen atoms in total. The Hall–Kier alpha value is -1.06. The number of ether oxygens (including phenoxy) is 1. The standard InChI is InChI=1S/C18H28N2O/c1-14(13-15-5-3-4-6-18(15)21-2)19-16-9-11-20(12-10-16)17-7-8-17/h3-6,14,16-17,19H,7-13H2,1-2H3. The van der Waals surface area contributed by atoms with Crippen LogP contribution in [0.2, 0.25) is 0 Å². The molecule has 3 rings (SSSR count). The topological polar surface area (TPSA) is 24.5 Å². The van der Waals surface area contributed by atoms with Gasteiger partial charge >= 0.3 is 0 Å². The van der Waals surface area contributed by atoms with Crippen LogP contribution in [0.25, 0.3) is 0 Å². The van der Waals surface area contributed by atoms with Crippen molar-refractivity contribution in [2.24, 2.45) is 0 Å². The van der Waals surface area contributed by atoms with Crippen LogP contribution in [0, 0.1) is 0 Å². The Labute approximate surface area is 128 Å². The van der Waals surface area contributed by atoms with Crippen LogP contribution in [0.4, 0.5) is 0 Å². The Morgan fingerprint density at radius 3 is 2.57 bits per heavy atom. The van der Waals surface area contributed by atoms with Crippen molar-refractivity contribution in [3.63, 3.8) is 0 Å². The quantitative estimate of drug-likeness (QED) is 0.871. The van der Waals surface area contributed by atoms with E-state index in [1.807, 2.05) is 6.07 Å². The molecule has 0 radical (unpaired) electrons. The average molecular weight is 288 g/mol. The Morgan fingerprint density at radius 2 is 1.90 bits per heavy atom. The van der Waals surface area contributed by atoms with E-state index < -0.39 is 0 Å². The first-order chi connectivity index (χ1) is 10.3. The Bertz CT molecular complexity index is 450. The lowest BCUT2D eigenvalue weighted by Crippen LogP contribution is -2.46. The molecule has 0 amide bonds. The molecule has 0 bridgehead atoms. The van der Waals surface area contributed by atoms with Gasteiger partial charge in [-0.15, -0.1) is 0 Å². The van der Waals surface area contributed by atoms with E-state index in [1.54, 1.807) is 7.11 Å². The van der Waals surface area contributed by atoms with Crippen molar-refractivity contribution in [3.05, 3.63) is 29.8 Å².